The van der Waals surface area contributed by atoms with Gasteiger partial charge < -0.3 is 15.4 Å². The molecule has 106 valence electrons. The van der Waals surface area contributed by atoms with Crippen LogP contribution in [0.25, 0.3) is 0 Å². The largest absolute Gasteiger partial charge is 0.497 e. The second kappa shape index (κ2) is 5.96. The minimum Gasteiger partial charge on any atom is -0.497 e. The summed E-state index contributed by atoms with van der Waals surface area (Å²) in [6.45, 7) is 2.46. The van der Waals surface area contributed by atoms with E-state index < -0.39 is 0 Å². The maximum Gasteiger partial charge on any atom is 0.224 e. The van der Waals surface area contributed by atoms with Gasteiger partial charge in [-0.3, -0.25) is 0 Å². The van der Waals surface area contributed by atoms with Crippen molar-refractivity contribution < 1.29 is 4.74 Å². The highest BCUT2D eigenvalue weighted by Crippen LogP contribution is 2.25. The molecular weight excluding hydrogens is 276 g/mol. The van der Waals surface area contributed by atoms with Gasteiger partial charge in [0.15, 0.2) is 5.82 Å². The number of methoxy groups -OCH3 is 1. The van der Waals surface area contributed by atoms with Crippen LogP contribution in [0.3, 0.4) is 0 Å². The lowest BCUT2D eigenvalue weighted by Crippen LogP contribution is -2.20. The van der Waals surface area contributed by atoms with Crippen LogP contribution in [0.4, 0.5) is 11.5 Å². The summed E-state index contributed by atoms with van der Waals surface area (Å²) in [6, 6.07) is 7.85. The van der Waals surface area contributed by atoms with Crippen molar-refractivity contribution >= 4 is 23.1 Å². The molecule has 0 amide bonds. The zero-order chi connectivity index (χ0) is 14.7. The summed E-state index contributed by atoms with van der Waals surface area (Å²) in [5, 5.41) is 0.198. The molecule has 2 rings (SSSR count). The molecule has 1 aromatic heterocycles. The van der Waals surface area contributed by atoms with Gasteiger partial charge in [-0.25, -0.2) is 4.98 Å². The minimum absolute atomic E-state index is 0.198. The fraction of sp³-hybridized carbons (Fsp3) is 0.286. The predicted molar refractivity (Wildman–Crippen MR) is 81.3 cm³/mol. The number of ether oxygens (including phenoxy) is 1. The van der Waals surface area contributed by atoms with Crippen LogP contribution >= 0.6 is 11.6 Å². The van der Waals surface area contributed by atoms with E-state index in [4.69, 9.17) is 22.1 Å². The molecule has 6 heteroatoms. The second-order valence-electron chi connectivity index (χ2n) is 4.52. The van der Waals surface area contributed by atoms with E-state index in [0.717, 1.165) is 11.3 Å². The van der Waals surface area contributed by atoms with Crippen molar-refractivity contribution in [2.24, 2.45) is 0 Å². The molecule has 0 atom stereocenters. The van der Waals surface area contributed by atoms with Gasteiger partial charge in [-0.05, 0) is 36.2 Å². The smallest absolute Gasteiger partial charge is 0.224 e. The molecular formula is C14H17ClN4O. The number of nitrogens with zero attached hydrogens (tertiary/aromatic N) is 3. The molecule has 0 aliphatic rings. The van der Waals surface area contributed by atoms with Crippen LogP contribution in [0.1, 0.15) is 11.3 Å². The number of benzene rings is 1. The predicted octanol–water partition coefficient (Wildman–Crippen LogP) is 2.67. The van der Waals surface area contributed by atoms with Gasteiger partial charge in [-0.2, -0.15) is 4.98 Å². The van der Waals surface area contributed by atoms with Gasteiger partial charge in [0.1, 0.15) is 5.75 Å². The molecule has 1 aromatic carbocycles. The first-order valence-corrected chi connectivity index (χ1v) is 6.52. The van der Waals surface area contributed by atoms with E-state index >= 15 is 0 Å². The van der Waals surface area contributed by atoms with Crippen molar-refractivity contribution in [1.29, 1.82) is 0 Å². The summed E-state index contributed by atoms with van der Waals surface area (Å²) in [6.07, 6.45) is 0. The Labute approximate surface area is 123 Å². The number of nitrogen functional groups attached to an aromatic ring is 1. The quantitative estimate of drug-likeness (QED) is 0.878. The lowest BCUT2D eigenvalue weighted by Gasteiger charge is -2.21. The Bertz CT molecular complexity index is 618. The average molecular weight is 293 g/mol. The lowest BCUT2D eigenvalue weighted by molar-refractivity contribution is 0.414. The van der Waals surface area contributed by atoms with Crippen LogP contribution in [0.15, 0.2) is 24.3 Å². The van der Waals surface area contributed by atoms with E-state index in [2.05, 4.69) is 9.97 Å². The molecule has 0 radical (unpaired) electrons. The Hall–Kier alpha value is -2.01. The van der Waals surface area contributed by atoms with Gasteiger partial charge in [0, 0.05) is 13.6 Å². The van der Waals surface area contributed by atoms with Crippen LogP contribution in [0.2, 0.25) is 5.28 Å². The number of rotatable bonds is 4. The summed E-state index contributed by atoms with van der Waals surface area (Å²) in [4.78, 5) is 10.2. The standard InChI is InChI=1S/C14H17ClN4O/c1-9-12(16)13(18-14(15)17-9)19(2)8-10-5-4-6-11(7-10)20-3/h4-7H,8,16H2,1-3H3. The minimum atomic E-state index is 0.198. The molecule has 1 heterocycles. The molecule has 0 aliphatic heterocycles. The average Bonchev–Trinajstić information content (AvgIpc) is 2.43. The molecule has 2 aromatic rings. The fourth-order valence-corrected chi connectivity index (χ4v) is 2.15. The topological polar surface area (TPSA) is 64.3 Å². The van der Waals surface area contributed by atoms with Crippen molar-refractivity contribution in [3.63, 3.8) is 0 Å². The van der Waals surface area contributed by atoms with Gasteiger partial charge in [0.05, 0.1) is 18.5 Å². The Morgan fingerprint density at radius 3 is 2.80 bits per heavy atom. The van der Waals surface area contributed by atoms with Crippen LogP contribution in [0.5, 0.6) is 5.75 Å². The van der Waals surface area contributed by atoms with Gasteiger partial charge >= 0.3 is 0 Å². The van der Waals surface area contributed by atoms with E-state index in [9.17, 15) is 0 Å². The summed E-state index contributed by atoms with van der Waals surface area (Å²) >= 11 is 5.89. The van der Waals surface area contributed by atoms with Crippen LogP contribution in [0, 0.1) is 6.92 Å². The van der Waals surface area contributed by atoms with E-state index in [1.165, 1.54) is 0 Å². The normalized spacial score (nSPS) is 10.4. The molecule has 0 saturated heterocycles. The van der Waals surface area contributed by atoms with Gasteiger partial charge in [0.2, 0.25) is 5.28 Å². The number of anilines is 2. The zero-order valence-corrected chi connectivity index (χ0v) is 12.5. The van der Waals surface area contributed by atoms with E-state index in [1.54, 1.807) is 7.11 Å². The molecule has 20 heavy (non-hydrogen) atoms. The number of halogens is 1. The monoisotopic (exact) mass is 292 g/mol. The van der Waals surface area contributed by atoms with Crippen LogP contribution in [-0.2, 0) is 6.54 Å². The molecule has 0 unspecified atom stereocenters. The second-order valence-corrected chi connectivity index (χ2v) is 4.86. The van der Waals surface area contributed by atoms with Gasteiger partial charge in [-0.1, -0.05) is 12.1 Å². The van der Waals surface area contributed by atoms with Crippen LogP contribution in [-0.4, -0.2) is 24.1 Å². The Balaban J connectivity index is 2.25. The summed E-state index contributed by atoms with van der Waals surface area (Å²) < 4.78 is 5.21. The number of aromatic nitrogens is 2. The van der Waals surface area contributed by atoms with E-state index in [1.807, 2.05) is 43.1 Å². The third kappa shape index (κ3) is 3.11. The Morgan fingerprint density at radius 2 is 2.10 bits per heavy atom. The maximum atomic E-state index is 6.01. The van der Waals surface area contributed by atoms with Crippen LogP contribution < -0.4 is 15.4 Å². The first-order chi connectivity index (χ1) is 9.51. The number of hydrogen-bond acceptors (Lipinski definition) is 5. The van der Waals surface area contributed by atoms with Crippen molar-refractivity contribution in [3.05, 3.63) is 40.8 Å². The van der Waals surface area contributed by atoms with Gasteiger partial charge in [-0.15, -0.1) is 0 Å². The third-order valence-corrected chi connectivity index (χ3v) is 3.17. The van der Waals surface area contributed by atoms with E-state index in [-0.39, 0.29) is 5.28 Å². The van der Waals surface area contributed by atoms with E-state index in [0.29, 0.717) is 23.7 Å². The molecule has 0 bridgehead atoms. The van der Waals surface area contributed by atoms with Crippen molar-refractivity contribution in [1.82, 2.24) is 9.97 Å². The van der Waals surface area contributed by atoms with Gasteiger partial charge in [0.25, 0.3) is 0 Å². The number of aryl methyl sites for hydroxylation is 1. The number of nitrogens with two attached hydrogens (primary N) is 1. The fourth-order valence-electron chi connectivity index (χ4n) is 1.94. The molecule has 5 nitrogen and oxygen atoms in total. The highest BCUT2D eigenvalue weighted by molar-refractivity contribution is 6.28. The molecule has 0 spiro atoms. The SMILES string of the molecule is COc1cccc(CN(C)c2nc(Cl)nc(C)c2N)c1. The Morgan fingerprint density at radius 1 is 1.35 bits per heavy atom. The highest BCUT2D eigenvalue weighted by atomic mass is 35.5. The first-order valence-electron chi connectivity index (χ1n) is 6.15. The van der Waals surface area contributed by atoms with Crippen molar-refractivity contribution in [3.8, 4) is 5.75 Å². The summed E-state index contributed by atoms with van der Waals surface area (Å²) in [7, 11) is 3.56. The summed E-state index contributed by atoms with van der Waals surface area (Å²) in [5.41, 5.74) is 8.33. The molecule has 0 aliphatic carbocycles. The highest BCUT2D eigenvalue weighted by Gasteiger charge is 2.12. The Kier molecular flexibility index (Phi) is 4.29. The maximum absolute atomic E-state index is 6.01. The third-order valence-electron chi connectivity index (χ3n) is 3.00. The molecule has 0 fully saturated rings. The lowest BCUT2D eigenvalue weighted by atomic mass is 10.2. The zero-order valence-electron chi connectivity index (χ0n) is 11.7. The molecule has 2 N–H and O–H groups in total. The molecule has 0 saturated carbocycles. The number of hydrogen-bond donors (Lipinski definition) is 1. The van der Waals surface area contributed by atoms with Crippen molar-refractivity contribution in [2.75, 3.05) is 24.8 Å². The first kappa shape index (κ1) is 14.4. The van der Waals surface area contributed by atoms with Crippen molar-refractivity contribution in [2.45, 2.75) is 13.5 Å². The summed E-state index contributed by atoms with van der Waals surface area (Å²) in [5.74, 6) is 1.45.